The van der Waals surface area contributed by atoms with Crippen LogP contribution < -0.4 is 0 Å². The fourth-order valence-electron chi connectivity index (χ4n) is 2.40. The predicted octanol–water partition coefficient (Wildman–Crippen LogP) is 3.66. The predicted molar refractivity (Wildman–Crippen MR) is 64.7 cm³/mol. The van der Waals surface area contributed by atoms with Crippen LogP contribution >= 0.6 is 15.9 Å². The second-order valence-corrected chi connectivity index (χ2v) is 5.33. The van der Waals surface area contributed by atoms with Crippen molar-refractivity contribution in [3.63, 3.8) is 0 Å². The van der Waals surface area contributed by atoms with Gasteiger partial charge in [0, 0.05) is 6.54 Å². The summed E-state index contributed by atoms with van der Waals surface area (Å²) in [6.07, 6.45) is 5.66. The van der Waals surface area contributed by atoms with Gasteiger partial charge in [0.05, 0.1) is 6.54 Å². The Bertz CT molecular complexity index is 304. The zero-order valence-corrected chi connectivity index (χ0v) is 10.8. The molecule has 84 valence electrons. The Morgan fingerprint density at radius 3 is 2.73 bits per heavy atom. The summed E-state index contributed by atoms with van der Waals surface area (Å²) >= 11 is 3.33. The maximum absolute atomic E-state index is 5.49. The van der Waals surface area contributed by atoms with Crippen LogP contribution in [0.2, 0.25) is 0 Å². The van der Waals surface area contributed by atoms with E-state index in [1.807, 2.05) is 12.1 Å². The van der Waals surface area contributed by atoms with E-state index in [1.165, 1.54) is 32.2 Å². The van der Waals surface area contributed by atoms with Crippen LogP contribution in [-0.2, 0) is 6.54 Å². The molecule has 3 heteroatoms. The molecule has 1 aliphatic rings. The van der Waals surface area contributed by atoms with Crippen LogP contribution in [0.1, 0.15) is 31.4 Å². The fraction of sp³-hybridized carbons (Fsp3) is 0.667. The van der Waals surface area contributed by atoms with Crippen LogP contribution in [0.15, 0.2) is 21.2 Å². The molecule has 0 N–H and O–H groups in total. The Morgan fingerprint density at radius 2 is 2.13 bits per heavy atom. The van der Waals surface area contributed by atoms with Crippen molar-refractivity contribution < 1.29 is 4.42 Å². The normalized spacial score (nSPS) is 17.8. The third-order valence-electron chi connectivity index (χ3n) is 3.10. The molecule has 1 heterocycles. The molecule has 0 unspecified atom stereocenters. The highest BCUT2D eigenvalue weighted by Gasteiger charge is 2.17. The summed E-state index contributed by atoms with van der Waals surface area (Å²) in [4.78, 5) is 2.36. The summed E-state index contributed by atoms with van der Waals surface area (Å²) in [6.45, 7) is 2.13. The van der Waals surface area contributed by atoms with Gasteiger partial charge in [-0.05, 0) is 53.9 Å². The average molecular weight is 272 g/mol. The lowest BCUT2D eigenvalue weighted by Gasteiger charge is -2.19. The topological polar surface area (TPSA) is 16.4 Å². The van der Waals surface area contributed by atoms with Gasteiger partial charge in [-0.25, -0.2) is 0 Å². The second kappa shape index (κ2) is 5.17. The standard InChI is InChI=1S/C12H18BrNO/c1-14(8-10-4-2-3-5-10)9-11-6-7-12(13)15-11/h6-7,10H,2-5,8-9H2,1H3. The molecule has 0 aromatic carbocycles. The van der Waals surface area contributed by atoms with E-state index in [0.29, 0.717) is 0 Å². The quantitative estimate of drug-likeness (QED) is 0.831. The van der Waals surface area contributed by atoms with Crippen LogP contribution in [0.4, 0.5) is 0 Å². The third kappa shape index (κ3) is 3.35. The van der Waals surface area contributed by atoms with Gasteiger partial charge in [-0.2, -0.15) is 0 Å². The Morgan fingerprint density at radius 1 is 1.40 bits per heavy atom. The number of nitrogens with zero attached hydrogens (tertiary/aromatic N) is 1. The van der Waals surface area contributed by atoms with Gasteiger partial charge >= 0.3 is 0 Å². The van der Waals surface area contributed by atoms with Gasteiger partial charge in [-0.15, -0.1) is 0 Å². The Labute approximate surface area is 99.8 Å². The van der Waals surface area contributed by atoms with Gasteiger partial charge in [0.2, 0.25) is 0 Å². The molecule has 0 bridgehead atoms. The van der Waals surface area contributed by atoms with Crippen molar-refractivity contribution in [1.82, 2.24) is 4.90 Å². The number of furan rings is 1. The minimum Gasteiger partial charge on any atom is -0.453 e. The van der Waals surface area contributed by atoms with E-state index in [4.69, 9.17) is 4.42 Å². The minimum atomic E-state index is 0.826. The first-order valence-electron chi connectivity index (χ1n) is 5.67. The molecule has 1 aromatic heterocycles. The van der Waals surface area contributed by atoms with E-state index >= 15 is 0 Å². The molecule has 2 nitrogen and oxygen atoms in total. The number of rotatable bonds is 4. The van der Waals surface area contributed by atoms with Crippen molar-refractivity contribution in [3.8, 4) is 0 Å². The van der Waals surface area contributed by atoms with E-state index in [9.17, 15) is 0 Å². The van der Waals surface area contributed by atoms with Crippen LogP contribution in [0.3, 0.4) is 0 Å². The highest BCUT2D eigenvalue weighted by atomic mass is 79.9. The lowest BCUT2D eigenvalue weighted by molar-refractivity contribution is 0.250. The van der Waals surface area contributed by atoms with E-state index < -0.39 is 0 Å². The zero-order valence-electron chi connectivity index (χ0n) is 9.21. The van der Waals surface area contributed by atoms with Crippen molar-refractivity contribution in [2.45, 2.75) is 32.2 Å². The van der Waals surface area contributed by atoms with Crippen molar-refractivity contribution in [1.29, 1.82) is 0 Å². The molecular weight excluding hydrogens is 254 g/mol. The Kier molecular flexibility index (Phi) is 3.87. The number of hydrogen-bond donors (Lipinski definition) is 0. The number of hydrogen-bond acceptors (Lipinski definition) is 2. The molecule has 2 rings (SSSR count). The molecule has 1 fully saturated rings. The first kappa shape index (κ1) is 11.2. The lowest BCUT2D eigenvalue weighted by atomic mass is 10.1. The third-order valence-corrected chi connectivity index (χ3v) is 3.53. The largest absolute Gasteiger partial charge is 0.453 e. The van der Waals surface area contributed by atoms with Gasteiger partial charge in [-0.3, -0.25) is 4.90 Å². The van der Waals surface area contributed by atoms with Gasteiger partial charge in [0.25, 0.3) is 0 Å². The zero-order chi connectivity index (χ0) is 10.7. The Balaban J connectivity index is 1.78. The molecule has 0 amide bonds. The summed E-state index contributed by atoms with van der Waals surface area (Å²) in [5, 5.41) is 0. The first-order chi connectivity index (χ1) is 7.24. The van der Waals surface area contributed by atoms with Gasteiger partial charge in [0.15, 0.2) is 4.67 Å². The fourth-order valence-corrected chi connectivity index (χ4v) is 2.74. The molecule has 0 radical (unpaired) electrons. The summed E-state index contributed by atoms with van der Waals surface area (Å²) in [6, 6.07) is 3.99. The van der Waals surface area contributed by atoms with Crippen LogP contribution in [0.25, 0.3) is 0 Å². The van der Waals surface area contributed by atoms with Gasteiger partial charge in [0.1, 0.15) is 5.76 Å². The highest BCUT2D eigenvalue weighted by Crippen LogP contribution is 2.25. The van der Waals surface area contributed by atoms with Crippen LogP contribution in [0, 0.1) is 5.92 Å². The summed E-state index contributed by atoms with van der Waals surface area (Å²) in [7, 11) is 2.18. The van der Waals surface area contributed by atoms with Gasteiger partial charge < -0.3 is 4.42 Å². The van der Waals surface area contributed by atoms with Crippen LogP contribution in [-0.4, -0.2) is 18.5 Å². The SMILES string of the molecule is CN(Cc1ccc(Br)o1)CC1CCCC1. The maximum Gasteiger partial charge on any atom is 0.169 e. The highest BCUT2D eigenvalue weighted by molar-refractivity contribution is 9.10. The van der Waals surface area contributed by atoms with E-state index in [0.717, 1.165) is 22.9 Å². The van der Waals surface area contributed by atoms with Crippen LogP contribution in [0.5, 0.6) is 0 Å². The van der Waals surface area contributed by atoms with E-state index in [2.05, 4.69) is 27.9 Å². The minimum absolute atomic E-state index is 0.826. The summed E-state index contributed by atoms with van der Waals surface area (Å²) in [5.74, 6) is 1.95. The monoisotopic (exact) mass is 271 g/mol. The molecule has 1 aromatic rings. The van der Waals surface area contributed by atoms with Crippen molar-refractivity contribution in [2.24, 2.45) is 5.92 Å². The molecular formula is C12H18BrNO. The Hall–Kier alpha value is -0.280. The van der Waals surface area contributed by atoms with E-state index in [-0.39, 0.29) is 0 Å². The molecule has 0 aliphatic heterocycles. The first-order valence-corrected chi connectivity index (χ1v) is 6.46. The molecule has 0 saturated heterocycles. The molecule has 1 aliphatic carbocycles. The lowest BCUT2D eigenvalue weighted by Crippen LogP contribution is -2.23. The van der Waals surface area contributed by atoms with Crippen molar-refractivity contribution in [3.05, 3.63) is 22.6 Å². The number of halogens is 1. The second-order valence-electron chi connectivity index (χ2n) is 4.55. The summed E-state index contributed by atoms with van der Waals surface area (Å²) in [5.41, 5.74) is 0. The van der Waals surface area contributed by atoms with E-state index in [1.54, 1.807) is 0 Å². The summed E-state index contributed by atoms with van der Waals surface area (Å²) < 4.78 is 6.32. The van der Waals surface area contributed by atoms with Gasteiger partial charge in [-0.1, -0.05) is 12.8 Å². The average Bonchev–Trinajstić information content (AvgIpc) is 2.77. The van der Waals surface area contributed by atoms with Crippen molar-refractivity contribution in [2.75, 3.05) is 13.6 Å². The molecule has 1 saturated carbocycles. The smallest absolute Gasteiger partial charge is 0.169 e. The maximum atomic E-state index is 5.49. The molecule has 0 spiro atoms. The molecule has 15 heavy (non-hydrogen) atoms. The molecule has 0 atom stereocenters. The van der Waals surface area contributed by atoms with Crippen molar-refractivity contribution >= 4 is 15.9 Å².